The molecule has 0 rings (SSSR count). The van der Waals surface area contributed by atoms with Crippen molar-refractivity contribution in [2.45, 2.75) is 65.2 Å². The highest BCUT2D eigenvalue weighted by atomic mass is 16.4. The van der Waals surface area contributed by atoms with Crippen LogP contribution in [0.1, 0.15) is 65.2 Å². The van der Waals surface area contributed by atoms with Gasteiger partial charge in [0.05, 0.1) is 0 Å². The van der Waals surface area contributed by atoms with Crippen LogP contribution in [0.4, 0.5) is 0 Å². The van der Waals surface area contributed by atoms with Crippen molar-refractivity contribution in [2.24, 2.45) is 5.92 Å². The number of aliphatic carboxylic acids is 1. The van der Waals surface area contributed by atoms with Crippen molar-refractivity contribution in [3.63, 3.8) is 0 Å². The molecule has 0 saturated carbocycles. The quantitative estimate of drug-likeness (QED) is 0.442. The van der Waals surface area contributed by atoms with Gasteiger partial charge >= 0.3 is 5.97 Å². The molecule has 0 aromatic carbocycles. The first-order valence-electron chi connectivity index (χ1n) is 6.49. The van der Waals surface area contributed by atoms with Crippen LogP contribution in [0, 0.1) is 5.92 Å². The molecule has 0 aliphatic rings. The molecule has 0 amide bonds. The molecule has 0 aromatic rings. The minimum atomic E-state index is -0.852. The Kier molecular flexibility index (Phi) is 8.97. The Bertz CT molecular complexity index is 209. The summed E-state index contributed by atoms with van der Waals surface area (Å²) in [7, 11) is 0. The van der Waals surface area contributed by atoms with Crippen LogP contribution in [0.3, 0.4) is 0 Å². The van der Waals surface area contributed by atoms with Crippen molar-refractivity contribution >= 4 is 5.97 Å². The summed E-state index contributed by atoms with van der Waals surface area (Å²) in [6.07, 6.45) is 9.54. The largest absolute Gasteiger partial charge is 0.478 e. The van der Waals surface area contributed by atoms with Gasteiger partial charge in [0.25, 0.3) is 0 Å². The molecule has 0 saturated heterocycles. The number of carboxylic acids is 1. The highest BCUT2D eigenvalue weighted by Crippen LogP contribution is 2.18. The zero-order chi connectivity index (χ0) is 12.4. The third-order valence-corrected chi connectivity index (χ3v) is 2.95. The fourth-order valence-corrected chi connectivity index (χ4v) is 1.88. The van der Waals surface area contributed by atoms with E-state index in [-0.39, 0.29) is 0 Å². The number of rotatable bonds is 10. The van der Waals surface area contributed by atoms with E-state index in [1.54, 1.807) is 0 Å². The maximum atomic E-state index is 10.6. The lowest BCUT2D eigenvalue weighted by Gasteiger charge is -2.10. The smallest absolute Gasteiger partial charge is 0.330 e. The van der Waals surface area contributed by atoms with E-state index in [2.05, 4.69) is 20.4 Å². The van der Waals surface area contributed by atoms with Crippen molar-refractivity contribution in [1.29, 1.82) is 0 Å². The van der Waals surface area contributed by atoms with E-state index >= 15 is 0 Å². The first-order chi connectivity index (χ1) is 7.57. The molecule has 1 atom stereocenters. The summed E-state index contributed by atoms with van der Waals surface area (Å²) in [6.45, 7) is 7.90. The van der Waals surface area contributed by atoms with Crippen LogP contribution in [0.2, 0.25) is 0 Å². The number of hydrogen-bond acceptors (Lipinski definition) is 1. The molecule has 0 spiro atoms. The van der Waals surface area contributed by atoms with E-state index in [0.717, 1.165) is 6.42 Å². The third kappa shape index (κ3) is 8.51. The zero-order valence-corrected chi connectivity index (χ0v) is 10.8. The predicted molar refractivity (Wildman–Crippen MR) is 68.5 cm³/mol. The average molecular weight is 226 g/mol. The SMILES string of the molecule is C=C(CC(C)CCCCCCCC)C(=O)O. The Morgan fingerprint density at radius 3 is 2.31 bits per heavy atom. The Morgan fingerprint density at radius 2 is 1.75 bits per heavy atom. The Balaban J connectivity index is 3.40. The lowest BCUT2D eigenvalue weighted by Crippen LogP contribution is -2.04. The van der Waals surface area contributed by atoms with Crippen LogP contribution >= 0.6 is 0 Å². The molecule has 0 fully saturated rings. The van der Waals surface area contributed by atoms with Gasteiger partial charge in [0, 0.05) is 5.57 Å². The van der Waals surface area contributed by atoms with Gasteiger partial charge in [-0.25, -0.2) is 4.79 Å². The molecule has 2 nitrogen and oxygen atoms in total. The number of carboxylic acid groups (broad SMARTS) is 1. The van der Waals surface area contributed by atoms with Gasteiger partial charge in [-0.3, -0.25) is 0 Å². The maximum Gasteiger partial charge on any atom is 0.330 e. The van der Waals surface area contributed by atoms with Crippen LogP contribution < -0.4 is 0 Å². The molecular formula is C14H26O2. The van der Waals surface area contributed by atoms with Gasteiger partial charge in [0.2, 0.25) is 0 Å². The summed E-state index contributed by atoms with van der Waals surface area (Å²) in [5.74, 6) is -0.399. The molecule has 16 heavy (non-hydrogen) atoms. The molecule has 1 unspecified atom stereocenters. The summed E-state index contributed by atoms with van der Waals surface area (Å²) in [4.78, 5) is 10.6. The fourth-order valence-electron chi connectivity index (χ4n) is 1.88. The second-order valence-electron chi connectivity index (χ2n) is 4.77. The van der Waals surface area contributed by atoms with Crippen LogP contribution in [-0.2, 0) is 4.79 Å². The van der Waals surface area contributed by atoms with E-state index in [4.69, 9.17) is 5.11 Å². The van der Waals surface area contributed by atoms with E-state index in [9.17, 15) is 4.79 Å². The first kappa shape index (κ1) is 15.2. The number of carbonyl (C=O) groups is 1. The summed E-state index contributed by atoms with van der Waals surface area (Å²) >= 11 is 0. The zero-order valence-electron chi connectivity index (χ0n) is 10.8. The second kappa shape index (κ2) is 9.44. The minimum Gasteiger partial charge on any atom is -0.478 e. The van der Waals surface area contributed by atoms with Gasteiger partial charge in [-0.15, -0.1) is 0 Å². The first-order valence-corrected chi connectivity index (χ1v) is 6.49. The summed E-state index contributed by atoms with van der Waals surface area (Å²) in [5, 5.41) is 8.70. The van der Waals surface area contributed by atoms with E-state index in [0.29, 0.717) is 17.9 Å². The van der Waals surface area contributed by atoms with E-state index < -0.39 is 5.97 Å². The van der Waals surface area contributed by atoms with E-state index in [1.807, 2.05) is 0 Å². The monoisotopic (exact) mass is 226 g/mol. The highest BCUT2D eigenvalue weighted by Gasteiger charge is 2.09. The maximum absolute atomic E-state index is 10.6. The molecule has 2 heteroatoms. The van der Waals surface area contributed by atoms with Crippen molar-refractivity contribution in [3.05, 3.63) is 12.2 Å². The normalized spacial score (nSPS) is 12.4. The summed E-state index contributed by atoms with van der Waals surface area (Å²) in [5.41, 5.74) is 0.346. The molecule has 0 aliphatic carbocycles. The van der Waals surface area contributed by atoms with Crippen molar-refractivity contribution < 1.29 is 9.90 Å². The topological polar surface area (TPSA) is 37.3 Å². The fraction of sp³-hybridized carbons (Fsp3) is 0.786. The molecular weight excluding hydrogens is 200 g/mol. The van der Waals surface area contributed by atoms with Gasteiger partial charge in [-0.2, -0.15) is 0 Å². The van der Waals surface area contributed by atoms with Gasteiger partial charge in [0.15, 0.2) is 0 Å². The molecule has 0 radical (unpaired) electrons. The molecule has 0 heterocycles. The van der Waals surface area contributed by atoms with Crippen molar-refractivity contribution in [3.8, 4) is 0 Å². The predicted octanol–water partition coefficient (Wildman–Crippen LogP) is 4.40. The molecule has 0 aromatic heterocycles. The number of unbranched alkanes of at least 4 members (excludes halogenated alkanes) is 5. The molecule has 0 bridgehead atoms. The molecule has 0 aliphatic heterocycles. The molecule has 1 N–H and O–H groups in total. The average Bonchev–Trinajstić information content (AvgIpc) is 2.23. The molecule has 94 valence electrons. The minimum absolute atomic E-state index is 0.346. The third-order valence-electron chi connectivity index (χ3n) is 2.95. The van der Waals surface area contributed by atoms with E-state index in [1.165, 1.54) is 38.5 Å². The Hall–Kier alpha value is -0.790. The van der Waals surface area contributed by atoms with Crippen LogP contribution in [0.25, 0.3) is 0 Å². The van der Waals surface area contributed by atoms with Crippen LogP contribution in [0.15, 0.2) is 12.2 Å². The summed E-state index contributed by atoms with van der Waals surface area (Å²) in [6, 6.07) is 0. The van der Waals surface area contributed by atoms with Gasteiger partial charge < -0.3 is 5.11 Å². The van der Waals surface area contributed by atoms with Gasteiger partial charge in [-0.05, 0) is 12.3 Å². The van der Waals surface area contributed by atoms with Gasteiger partial charge in [-0.1, -0.05) is 65.4 Å². The number of hydrogen-bond donors (Lipinski definition) is 1. The second-order valence-corrected chi connectivity index (χ2v) is 4.77. The van der Waals surface area contributed by atoms with Crippen LogP contribution in [0.5, 0.6) is 0 Å². The van der Waals surface area contributed by atoms with Crippen molar-refractivity contribution in [2.75, 3.05) is 0 Å². The lowest BCUT2D eigenvalue weighted by atomic mass is 9.95. The lowest BCUT2D eigenvalue weighted by molar-refractivity contribution is -0.132. The van der Waals surface area contributed by atoms with Gasteiger partial charge in [0.1, 0.15) is 0 Å². The Labute approximate surface area is 99.7 Å². The highest BCUT2D eigenvalue weighted by molar-refractivity contribution is 5.85. The Morgan fingerprint density at radius 1 is 1.19 bits per heavy atom. The van der Waals surface area contributed by atoms with Crippen molar-refractivity contribution in [1.82, 2.24) is 0 Å². The standard InChI is InChI=1S/C14H26O2/c1-4-5-6-7-8-9-10-12(2)11-13(3)14(15)16/h12H,3-11H2,1-2H3,(H,15,16). The van der Waals surface area contributed by atoms with Crippen LogP contribution in [-0.4, -0.2) is 11.1 Å². The summed E-state index contributed by atoms with van der Waals surface area (Å²) < 4.78 is 0.